The number of amidine groups is 1. The van der Waals surface area contributed by atoms with Crippen LogP contribution < -0.4 is 10.6 Å². The van der Waals surface area contributed by atoms with Crippen LogP contribution in [0.1, 0.15) is 52.5 Å². The topological polar surface area (TPSA) is 36.4 Å². The highest BCUT2D eigenvalue weighted by Crippen LogP contribution is 2.27. The van der Waals surface area contributed by atoms with Gasteiger partial charge in [0.2, 0.25) is 0 Å². The molecular formula is C25H33N3. The van der Waals surface area contributed by atoms with E-state index in [4.69, 9.17) is 0 Å². The predicted octanol–water partition coefficient (Wildman–Crippen LogP) is 6.14. The summed E-state index contributed by atoms with van der Waals surface area (Å²) in [6.07, 6.45) is 11.4. The number of nitrogens with zero attached hydrogens (tertiary/aromatic N) is 1. The van der Waals surface area contributed by atoms with Gasteiger partial charge in [-0.2, -0.15) is 0 Å². The van der Waals surface area contributed by atoms with E-state index in [1.165, 1.54) is 29.6 Å². The van der Waals surface area contributed by atoms with E-state index < -0.39 is 0 Å². The van der Waals surface area contributed by atoms with Gasteiger partial charge in [0.1, 0.15) is 11.7 Å². The van der Waals surface area contributed by atoms with Crippen molar-refractivity contribution in [3.8, 4) is 0 Å². The van der Waals surface area contributed by atoms with E-state index in [0.29, 0.717) is 0 Å². The highest BCUT2D eigenvalue weighted by Gasteiger charge is 2.20. The Bertz CT molecular complexity index is 843. The van der Waals surface area contributed by atoms with E-state index in [9.17, 15) is 0 Å². The SMILES string of the molecule is C=C(NC1=NCC(C(C)(C)C)=C1)Nc1ccc(CCC2=CC=C(C)CC2)cc1. The Labute approximate surface area is 170 Å². The summed E-state index contributed by atoms with van der Waals surface area (Å²) in [5.41, 5.74) is 6.95. The fourth-order valence-electron chi connectivity index (χ4n) is 3.37. The fraction of sp³-hybridized carbons (Fsp3) is 0.400. The Kier molecular flexibility index (Phi) is 6.23. The average molecular weight is 376 g/mol. The Balaban J connectivity index is 1.48. The van der Waals surface area contributed by atoms with Gasteiger partial charge in [0.05, 0.1) is 6.54 Å². The minimum Gasteiger partial charge on any atom is -0.342 e. The van der Waals surface area contributed by atoms with Crippen molar-refractivity contribution >= 4 is 11.5 Å². The maximum Gasteiger partial charge on any atom is 0.126 e. The summed E-state index contributed by atoms with van der Waals surface area (Å²) in [6.45, 7) is 13.7. The van der Waals surface area contributed by atoms with Crippen molar-refractivity contribution in [2.24, 2.45) is 10.4 Å². The van der Waals surface area contributed by atoms with Gasteiger partial charge in [-0.15, -0.1) is 0 Å². The van der Waals surface area contributed by atoms with Crippen molar-refractivity contribution < 1.29 is 0 Å². The molecule has 0 amide bonds. The maximum absolute atomic E-state index is 4.56. The van der Waals surface area contributed by atoms with E-state index in [1.807, 2.05) is 0 Å². The number of allylic oxidation sites excluding steroid dienone is 4. The van der Waals surface area contributed by atoms with Crippen molar-refractivity contribution in [1.29, 1.82) is 0 Å². The molecule has 148 valence electrons. The number of rotatable bonds is 6. The highest BCUT2D eigenvalue weighted by atomic mass is 15.1. The molecule has 2 N–H and O–H groups in total. The lowest BCUT2D eigenvalue weighted by Gasteiger charge is -2.18. The molecule has 2 aliphatic rings. The maximum atomic E-state index is 4.56. The Hall–Kier alpha value is -2.55. The summed E-state index contributed by atoms with van der Waals surface area (Å²) in [7, 11) is 0. The van der Waals surface area contributed by atoms with Crippen LogP contribution in [0.2, 0.25) is 0 Å². The van der Waals surface area contributed by atoms with E-state index in [-0.39, 0.29) is 5.41 Å². The van der Waals surface area contributed by atoms with Crippen molar-refractivity contribution in [2.45, 2.75) is 53.4 Å². The highest BCUT2D eigenvalue weighted by molar-refractivity contribution is 5.97. The second kappa shape index (κ2) is 8.64. The molecule has 1 aromatic carbocycles. The van der Waals surface area contributed by atoms with Crippen molar-refractivity contribution in [1.82, 2.24) is 5.32 Å². The van der Waals surface area contributed by atoms with Crippen LogP contribution in [0.5, 0.6) is 0 Å². The molecule has 0 spiro atoms. The first kappa shape index (κ1) is 20.2. The quantitative estimate of drug-likeness (QED) is 0.626. The number of nitrogens with one attached hydrogen (secondary N) is 2. The van der Waals surface area contributed by atoms with E-state index in [2.05, 4.69) is 92.4 Å². The molecule has 28 heavy (non-hydrogen) atoms. The summed E-state index contributed by atoms with van der Waals surface area (Å²) >= 11 is 0. The van der Waals surface area contributed by atoms with Crippen LogP contribution in [0.25, 0.3) is 0 Å². The molecule has 1 aliphatic carbocycles. The van der Waals surface area contributed by atoms with Crippen LogP contribution in [-0.4, -0.2) is 12.4 Å². The van der Waals surface area contributed by atoms with Gasteiger partial charge < -0.3 is 10.6 Å². The molecule has 3 rings (SSSR count). The Morgan fingerprint density at radius 1 is 1.04 bits per heavy atom. The molecule has 1 aliphatic heterocycles. The average Bonchev–Trinajstić information content (AvgIpc) is 3.11. The minimum absolute atomic E-state index is 0.153. The van der Waals surface area contributed by atoms with Gasteiger partial charge in [0.25, 0.3) is 0 Å². The largest absolute Gasteiger partial charge is 0.342 e. The molecule has 0 saturated heterocycles. The molecule has 3 nitrogen and oxygen atoms in total. The first-order chi connectivity index (χ1) is 13.3. The van der Waals surface area contributed by atoms with E-state index in [1.54, 1.807) is 5.57 Å². The van der Waals surface area contributed by atoms with Gasteiger partial charge in [0, 0.05) is 5.69 Å². The van der Waals surface area contributed by atoms with Crippen molar-refractivity contribution in [3.05, 3.63) is 77.2 Å². The molecule has 3 heteroatoms. The number of anilines is 1. The summed E-state index contributed by atoms with van der Waals surface area (Å²) in [4.78, 5) is 4.56. The monoisotopic (exact) mass is 375 g/mol. The second-order valence-corrected chi connectivity index (χ2v) is 8.88. The van der Waals surface area contributed by atoms with Crippen LogP contribution in [0.15, 0.2) is 76.6 Å². The molecule has 1 heterocycles. The fourth-order valence-corrected chi connectivity index (χ4v) is 3.37. The second-order valence-electron chi connectivity index (χ2n) is 8.88. The standard InChI is InChI=1S/C25H33N3/c1-18-6-8-20(9-7-18)10-11-21-12-14-23(15-13-21)27-19(2)28-24-16-22(17-26-24)25(3,4)5/h6,8,12-16,27H,2,7,9-11,17H2,1,3-5H3,(H,26,28). The van der Waals surface area contributed by atoms with Gasteiger partial charge >= 0.3 is 0 Å². The van der Waals surface area contributed by atoms with Gasteiger partial charge in [0.15, 0.2) is 0 Å². The van der Waals surface area contributed by atoms with Crippen LogP contribution in [0.3, 0.4) is 0 Å². The zero-order valence-electron chi connectivity index (χ0n) is 17.7. The van der Waals surface area contributed by atoms with E-state index >= 15 is 0 Å². The first-order valence-electron chi connectivity index (χ1n) is 10.2. The molecule has 0 bridgehead atoms. The van der Waals surface area contributed by atoms with Crippen LogP contribution in [0, 0.1) is 5.41 Å². The molecule has 0 radical (unpaired) electrons. The summed E-state index contributed by atoms with van der Waals surface area (Å²) in [6, 6.07) is 8.64. The van der Waals surface area contributed by atoms with Gasteiger partial charge in [-0.1, -0.05) is 62.8 Å². The third-order valence-corrected chi connectivity index (χ3v) is 5.40. The summed E-state index contributed by atoms with van der Waals surface area (Å²) in [5, 5.41) is 6.60. The third-order valence-electron chi connectivity index (χ3n) is 5.40. The normalized spacial score (nSPS) is 16.7. The number of benzene rings is 1. The predicted molar refractivity (Wildman–Crippen MR) is 122 cm³/mol. The molecule has 0 saturated carbocycles. The number of hydrogen-bond donors (Lipinski definition) is 2. The zero-order valence-corrected chi connectivity index (χ0v) is 17.7. The molecule has 1 aromatic rings. The van der Waals surface area contributed by atoms with E-state index in [0.717, 1.165) is 36.7 Å². The lowest BCUT2D eigenvalue weighted by Crippen LogP contribution is -2.24. The Morgan fingerprint density at radius 3 is 2.39 bits per heavy atom. The lowest BCUT2D eigenvalue weighted by molar-refractivity contribution is 0.499. The molecular weight excluding hydrogens is 342 g/mol. The van der Waals surface area contributed by atoms with Crippen molar-refractivity contribution in [3.63, 3.8) is 0 Å². The van der Waals surface area contributed by atoms with Crippen LogP contribution in [0.4, 0.5) is 5.69 Å². The van der Waals surface area contributed by atoms with Gasteiger partial charge in [-0.05, 0) is 67.4 Å². The minimum atomic E-state index is 0.153. The Morgan fingerprint density at radius 2 is 1.79 bits per heavy atom. The lowest BCUT2D eigenvalue weighted by atomic mass is 9.87. The first-order valence-corrected chi connectivity index (χ1v) is 10.2. The smallest absolute Gasteiger partial charge is 0.126 e. The molecule has 0 atom stereocenters. The molecule has 0 unspecified atom stereocenters. The molecule has 0 fully saturated rings. The number of hydrogen-bond acceptors (Lipinski definition) is 3. The number of aryl methyl sites for hydroxylation is 1. The van der Waals surface area contributed by atoms with Crippen LogP contribution in [-0.2, 0) is 6.42 Å². The zero-order chi connectivity index (χ0) is 20.1. The summed E-state index contributed by atoms with van der Waals surface area (Å²) in [5.74, 6) is 1.62. The van der Waals surface area contributed by atoms with Gasteiger partial charge in [-0.25, -0.2) is 0 Å². The van der Waals surface area contributed by atoms with Gasteiger partial charge in [-0.3, -0.25) is 4.99 Å². The van der Waals surface area contributed by atoms with Crippen molar-refractivity contribution in [2.75, 3.05) is 11.9 Å². The third kappa shape index (κ3) is 5.72. The van der Waals surface area contributed by atoms with Crippen LogP contribution >= 0.6 is 0 Å². The number of aliphatic imine (C=N–C) groups is 1. The summed E-state index contributed by atoms with van der Waals surface area (Å²) < 4.78 is 0. The molecule has 0 aromatic heterocycles.